The molecule has 0 spiro atoms. The van der Waals surface area contributed by atoms with Crippen molar-refractivity contribution in [2.75, 3.05) is 39.3 Å². The number of carbonyl (C=O) groups excluding carboxylic acids is 1. The van der Waals surface area contributed by atoms with Crippen LogP contribution in [-0.2, 0) is 4.79 Å². The number of carbonyl (C=O) groups is 1. The Morgan fingerprint density at radius 2 is 0.880 bits per heavy atom. The van der Waals surface area contributed by atoms with E-state index in [-0.39, 0.29) is 6.61 Å². The summed E-state index contributed by atoms with van der Waals surface area (Å²) in [7, 11) is 0. The van der Waals surface area contributed by atoms with Crippen molar-refractivity contribution >= 4 is 5.78 Å². The van der Waals surface area contributed by atoms with E-state index in [0.717, 1.165) is 45.3 Å². The lowest BCUT2D eigenvalue weighted by atomic mass is 9.95. The van der Waals surface area contributed by atoms with Gasteiger partial charge in [0.25, 0.3) is 0 Å². The van der Waals surface area contributed by atoms with Crippen LogP contribution in [-0.4, -0.2) is 60.0 Å². The summed E-state index contributed by atoms with van der Waals surface area (Å²) in [6, 6.07) is 0. The molecule has 0 aliphatic carbocycles. The van der Waals surface area contributed by atoms with Crippen LogP contribution in [0.2, 0.25) is 0 Å². The molecular weight excluding hydrogens is 613 g/mol. The van der Waals surface area contributed by atoms with Crippen LogP contribution in [0.15, 0.2) is 12.3 Å². The third-order valence-corrected chi connectivity index (χ3v) is 10.9. The van der Waals surface area contributed by atoms with E-state index in [2.05, 4.69) is 44.1 Å². The summed E-state index contributed by atoms with van der Waals surface area (Å²) in [6.07, 6.45) is 40.7. The number of Topliss-reactive ketones (excluding diaryl/α,β-unsaturated/α-hetero) is 1. The maximum Gasteiger partial charge on any atom is 0.133 e. The van der Waals surface area contributed by atoms with Gasteiger partial charge in [-0.3, -0.25) is 4.79 Å². The second kappa shape index (κ2) is 39.3. The van der Waals surface area contributed by atoms with Gasteiger partial charge in [-0.1, -0.05) is 182 Å². The van der Waals surface area contributed by atoms with Crippen LogP contribution in [0.1, 0.15) is 233 Å². The van der Waals surface area contributed by atoms with Gasteiger partial charge in [0.1, 0.15) is 5.78 Å². The number of ketones is 1. The van der Waals surface area contributed by atoms with Gasteiger partial charge in [-0.2, -0.15) is 0 Å². The average Bonchev–Trinajstić information content (AvgIpc) is 3.10. The van der Waals surface area contributed by atoms with Gasteiger partial charge in [0, 0.05) is 38.2 Å². The Morgan fingerprint density at radius 3 is 1.34 bits per heavy atom. The number of aliphatic hydroxyl groups excluding tert-OH is 1. The topological polar surface area (TPSA) is 43.8 Å². The number of nitrogens with zero attached hydrogens (tertiary/aromatic N) is 2. The van der Waals surface area contributed by atoms with Gasteiger partial charge in [-0.15, -0.1) is 0 Å². The fourth-order valence-electron chi connectivity index (χ4n) is 7.48. The van der Waals surface area contributed by atoms with Gasteiger partial charge in [0.05, 0.1) is 6.61 Å². The number of allylic oxidation sites excluding steroid dienone is 1. The van der Waals surface area contributed by atoms with Crippen molar-refractivity contribution in [3.05, 3.63) is 12.3 Å². The Balaban J connectivity index is 4.02. The molecule has 0 rings (SSSR count). The predicted octanol–water partition coefficient (Wildman–Crippen LogP) is 13.8. The molecule has 0 aromatic carbocycles. The Labute approximate surface area is 315 Å². The highest BCUT2D eigenvalue weighted by molar-refractivity contribution is 5.78. The highest BCUT2D eigenvalue weighted by Crippen LogP contribution is 2.19. The minimum atomic E-state index is 0.259. The van der Waals surface area contributed by atoms with E-state index in [9.17, 15) is 9.90 Å². The molecule has 0 aromatic heterocycles. The molecule has 4 heteroatoms. The molecule has 0 saturated heterocycles. The molecule has 1 atom stereocenters. The van der Waals surface area contributed by atoms with E-state index in [1.807, 2.05) is 0 Å². The van der Waals surface area contributed by atoms with Crippen molar-refractivity contribution in [2.45, 2.75) is 233 Å². The van der Waals surface area contributed by atoms with Gasteiger partial charge < -0.3 is 14.9 Å². The quantitative estimate of drug-likeness (QED) is 0.0643. The van der Waals surface area contributed by atoms with Gasteiger partial charge in [0.15, 0.2) is 0 Å². The largest absolute Gasteiger partial charge is 0.395 e. The maximum atomic E-state index is 12.4. The normalized spacial score (nSPS) is 12.2. The highest BCUT2D eigenvalue weighted by atomic mass is 16.3. The Bertz CT molecular complexity index is 694. The molecule has 50 heavy (non-hydrogen) atoms. The molecule has 0 saturated carbocycles. The van der Waals surface area contributed by atoms with Gasteiger partial charge in [-0.05, 0) is 64.0 Å². The lowest BCUT2D eigenvalue weighted by Gasteiger charge is -2.27. The predicted molar refractivity (Wildman–Crippen MR) is 223 cm³/mol. The first-order valence-electron chi connectivity index (χ1n) is 22.8. The van der Waals surface area contributed by atoms with Crippen LogP contribution in [0, 0.1) is 5.92 Å². The molecule has 298 valence electrons. The van der Waals surface area contributed by atoms with Crippen molar-refractivity contribution in [3.8, 4) is 0 Å². The molecule has 0 radical (unpaired) electrons. The lowest BCUT2D eigenvalue weighted by Crippen LogP contribution is -2.29. The van der Waals surface area contributed by atoms with E-state index in [1.165, 1.54) is 199 Å². The third-order valence-electron chi connectivity index (χ3n) is 10.9. The molecule has 0 aromatic rings. The zero-order valence-corrected chi connectivity index (χ0v) is 34.9. The SMILES string of the molecule is C=C(CCCCCCCN(CCO)CCCCCCCC(=O)CC(C)CCCCCCCC)N(CCCCCCCC)CCCCCCCC. The zero-order chi connectivity index (χ0) is 36.8. The summed E-state index contributed by atoms with van der Waals surface area (Å²) >= 11 is 0. The maximum absolute atomic E-state index is 12.4. The molecule has 4 nitrogen and oxygen atoms in total. The van der Waals surface area contributed by atoms with Crippen molar-refractivity contribution in [3.63, 3.8) is 0 Å². The number of rotatable bonds is 42. The standard InChI is InChI=1S/C46H92N2O2/c1-6-9-12-15-20-27-34-44(4)43-46(50)36-29-22-19-24-31-38-47(41-42-49)37-30-23-18-21-28-35-45(5)48(39-32-25-16-13-10-7-2)40-33-26-17-14-11-8-3/h44,49H,5-43H2,1-4H3. The number of hydrogen-bond donors (Lipinski definition) is 1. The van der Waals surface area contributed by atoms with Crippen LogP contribution in [0.4, 0.5) is 0 Å². The van der Waals surface area contributed by atoms with Crippen molar-refractivity contribution < 1.29 is 9.90 Å². The summed E-state index contributed by atoms with van der Waals surface area (Å²) in [6.45, 7) is 19.4. The molecular formula is C46H92N2O2. The van der Waals surface area contributed by atoms with Gasteiger partial charge in [0.2, 0.25) is 0 Å². The monoisotopic (exact) mass is 705 g/mol. The number of hydrogen-bond acceptors (Lipinski definition) is 4. The summed E-state index contributed by atoms with van der Waals surface area (Å²) < 4.78 is 0. The molecule has 0 amide bonds. The highest BCUT2D eigenvalue weighted by Gasteiger charge is 2.10. The second-order valence-corrected chi connectivity index (χ2v) is 16.1. The first kappa shape index (κ1) is 49.1. The van der Waals surface area contributed by atoms with Gasteiger partial charge >= 0.3 is 0 Å². The van der Waals surface area contributed by atoms with E-state index >= 15 is 0 Å². The zero-order valence-electron chi connectivity index (χ0n) is 34.9. The van der Waals surface area contributed by atoms with Crippen molar-refractivity contribution in [1.82, 2.24) is 9.80 Å². The fourth-order valence-corrected chi connectivity index (χ4v) is 7.48. The Morgan fingerprint density at radius 1 is 0.500 bits per heavy atom. The smallest absolute Gasteiger partial charge is 0.133 e. The van der Waals surface area contributed by atoms with Crippen molar-refractivity contribution in [1.29, 1.82) is 0 Å². The van der Waals surface area contributed by atoms with E-state index in [4.69, 9.17) is 0 Å². The molecule has 0 aliphatic rings. The molecule has 0 fully saturated rings. The van der Waals surface area contributed by atoms with Crippen LogP contribution < -0.4 is 0 Å². The number of unbranched alkanes of at least 4 members (excludes halogenated alkanes) is 23. The second-order valence-electron chi connectivity index (χ2n) is 16.1. The Hall–Kier alpha value is -0.870. The number of aliphatic hydroxyl groups is 1. The third kappa shape index (κ3) is 34.2. The lowest BCUT2D eigenvalue weighted by molar-refractivity contribution is -0.120. The molecule has 0 heterocycles. The fraction of sp³-hybridized carbons (Fsp3) is 0.935. The molecule has 1 unspecified atom stereocenters. The Kier molecular flexibility index (Phi) is 38.7. The van der Waals surface area contributed by atoms with Crippen molar-refractivity contribution in [2.24, 2.45) is 5.92 Å². The van der Waals surface area contributed by atoms with Crippen LogP contribution in [0.3, 0.4) is 0 Å². The summed E-state index contributed by atoms with van der Waals surface area (Å²) in [5.74, 6) is 1.04. The van der Waals surface area contributed by atoms with Gasteiger partial charge in [-0.25, -0.2) is 0 Å². The van der Waals surface area contributed by atoms with E-state index in [0.29, 0.717) is 11.7 Å². The summed E-state index contributed by atoms with van der Waals surface area (Å²) in [4.78, 5) is 17.5. The average molecular weight is 705 g/mol. The van der Waals surface area contributed by atoms with E-state index < -0.39 is 0 Å². The van der Waals surface area contributed by atoms with Crippen LogP contribution in [0.25, 0.3) is 0 Å². The molecule has 0 aliphatic heterocycles. The first-order chi connectivity index (χ1) is 24.5. The van der Waals surface area contributed by atoms with E-state index in [1.54, 1.807) is 0 Å². The molecule has 1 N–H and O–H groups in total. The minimum Gasteiger partial charge on any atom is -0.395 e. The summed E-state index contributed by atoms with van der Waals surface area (Å²) in [5, 5.41) is 9.60. The summed E-state index contributed by atoms with van der Waals surface area (Å²) in [5.41, 5.74) is 1.39. The molecule has 0 bridgehead atoms. The first-order valence-corrected chi connectivity index (χ1v) is 22.8. The minimum absolute atomic E-state index is 0.259. The van der Waals surface area contributed by atoms with Crippen LogP contribution in [0.5, 0.6) is 0 Å². The van der Waals surface area contributed by atoms with Crippen LogP contribution >= 0.6 is 0 Å².